The number of hydrogen-bond donors (Lipinski definition) is 2. The van der Waals surface area contributed by atoms with E-state index in [9.17, 15) is 14.7 Å². The molecule has 102 valence electrons. The van der Waals surface area contributed by atoms with E-state index < -0.39 is 24.1 Å². The second-order valence-corrected chi connectivity index (χ2v) is 4.57. The molecule has 6 nitrogen and oxygen atoms in total. The third kappa shape index (κ3) is 2.68. The van der Waals surface area contributed by atoms with Crippen LogP contribution in [0.15, 0.2) is 30.3 Å². The maximum Gasteiger partial charge on any atom is 0.326 e. The molecule has 2 N–H and O–H groups in total. The van der Waals surface area contributed by atoms with Gasteiger partial charge in [0.05, 0.1) is 6.10 Å². The van der Waals surface area contributed by atoms with Crippen molar-refractivity contribution in [1.29, 1.82) is 0 Å². The first-order chi connectivity index (χ1) is 9.00. The predicted molar refractivity (Wildman–Crippen MR) is 69.0 cm³/mol. The Balaban J connectivity index is 2.17. The minimum Gasteiger partial charge on any atom is -0.480 e. The smallest absolute Gasteiger partial charge is 0.326 e. The first kappa shape index (κ1) is 13.4. The highest BCUT2D eigenvalue weighted by molar-refractivity contribution is 5.94. The van der Waals surface area contributed by atoms with Crippen molar-refractivity contribution in [2.24, 2.45) is 0 Å². The molecule has 1 aliphatic heterocycles. The topological polar surface area (TPSA) is 81.1 Å². The summed E-state index contributed by atoms with van der Waals surface area (Å²) in [4.78, 5) is 26.0. The van der Waals surface area contributed by atoms with E-state index in [1.54, 1.807) is 31.3 Å². The van der Waals surface area contributed by atoms with Gasteiger partial charge in [-0.1, -0.05) is 18.2 Å². The second-order valence-electron chi connectivity index (χ2n) is 4.57. The molecule has 0 radical (unpaired) electrons. The fraction of sp³-hybridized carbons (Fsp3) is 0.385. The molecule has 0 aromatic heterocycles. The van der Waals surface area contributed by atoms with Gasteiger partial charge >= 0.3 is 12.0 Å². The molecule has 1 aliphatic rings. The number of hydrogen-bond acceptors (Lipinski definition) is 3. The number of anilines is 1. The number of carboxylic acid groups (broad SMARTS) is 1. The summed E-state index contributed by atoms with van der Waals surface area (Å²) in [7, 11) is 1.58. The van der Waals surface area contributed by atoms with Crippen LogP contribution in [0.3, 0.4) is 0 Å². The number of aliphatic hydroxyl groups is 1. The van der Waals surface area contributed by atoms with E-state index in [-0.39, 0.29) is 13.0 Å². The van der Waals surface area contributed by atoms with Gasteiger partial charge in [0, 0.05) is 25.7 Å². The Hall–Kier alpha value is -2.08. The third-order valence-corrected chi connectivity index (χ3v) is 3.24. The summed E-state index contributed by atoms with van der Waals surface area (Å²) in [6.07, 6.45) is -0.710. The van der Waals surface area contributed by atoms with Crippen LogP contribution >= 0.6 is 0 Å². The van der Waals surface area contributed by atoms with Gasteiger partial charge in [0.1, 0.15) is 6.04 Å². The number of para-hydroxylation sites is 1. The molecule has 2 atom stereocenters. The number of carboxylic acids is 1. The van der Waals surface area contributed by atoms with Crippen molar-refractivity contribution in [3.05, 3.63) is 30.3 Å². The van der Waals surface area contributed by atoms with Crippen LogP contribution in [0.2, 0.25) is 0 Å². The molecule has 0 bridgehead atoms. The van der Waals surface area contributed by atoms with Crippen molar-refractivity contribution in [3.63, 3.8) is 0 Å². The predicted octanol–water partition coefficient (Wildman–Crippen LogP) is 0.763. The molecule has 2 rings (SSSR count). The number of carbonyl (C=O) groups excluding carboxylic acids is 1. The van der Waals surface area contributed by atoms with Crippen LogP contribution in [0.25, 0.3) is 0 Å². The highest BCUT2D eigenvalue weighted by Crippen LogP contribution is 2.22. The van der Waals surface area contributed by atoms with Gasteiger partial charge in [-0.05, 0) is 12.1 Å². The van der Waals surface area contributed by atoms with Crippen molar-refractivity contribution in [2.45, 2.75) is 18.6 Å². The highest BCUT2D eigenvalue weighted by atomic mass is 16.4. The Morgan fingerprint density at radius 1 is 1.32 bits per heavy atom. The summed E-state index contributed by atoms with van der Waals surface area (Å²) < 4.78 is 0. The van der Waals surface area contributed by atoms with E-state index in [0.29, 0.717) is 5.69 Å². The minimum atomic E-state index is -1.09. The van der Waals surface area contributed by atoms with Crippen molar-refractivity contribution in [2.75, 3.05) is 18.5 Å². The van der Waals surface area contributed by atoms with Crippen molar-refractivity contribution >= 4 is 17.7 Å². The summed E-state index contributed by atoms with van der Waals surface area (Å²) in [6.45, 7) is 0.0486. The van der Waals surface area contributed by atoms with Crippen LogP contribution in [0, 0.1) is 0 Å². The average molecular weight is 264 g/mol. The summed E-state index contributed by atoms with van der Waals surface area (Å²) in [5, 5.41) is 18.6. The van der Waals surface area contributed by atoms with E-state index in [2.05, 4.69) is 0 Å². The Labute approximate surface area is 110 Å². The van der Waals surface area contributed by atoms with E-state index >= 15 is 0 Å². The van der Waals surface area contributed by atoms with Crippen molar-refractivity contribution in [3.8, 4) is 0 Å². The summed E-state index contributed by atoms with van der Waals surface area (Å²) >= 11 is 0. The number of likely N-dealkylation sites (tertiary alicyclic amines) is 1. The number of aliphatic hydroxyl groups excluding tert-OH is 1. The second kappa shape index (κ2) is 5.27. The number of rotatable bonds is 2. The molecule has 19 heavy (non-hydrogen) atoms. The monoisotopic (exact) mass is 264 g/mol. The molecule has 0 spiro atoms. The number of aliphatic carboxylic acids is 1. The quantitative estimate of drug-likeness (QED) is 0.826. The van der Waals surface area contributed by atoms with Gasteiger partial charge in [0.15, 0.2) is 0 Å². The van der Waals surface area contributed by atoms with Gasteiger partial charge in [-0.2, -0.15) is 0 Å². The zero-order chi connectivity index (χ0) is 14.0. The average Bonchev–Trinajstić information content (AvgIpc) is 2.80. The molecule has 6 heteroatoms. The molecule has 1 aromatic rings. The fourth-order valence-electron chi connectivity index (χ4n) is 2.21. The van der Waals surface area contributed by atoms with E-state index in [4.69, 9.17) is 5.11 Å². The molecule has 1 heterocycles. The molecule has 0 saturated carbocycles. The fourth-order valence-corrected chi connectivity index (χ4v) is 2.21. The number of amides is 2. The summed E-state index contributed by atoms with van der Waals surface area (Å²) in [5.74, 6) is -1.09. The van der Waals surface area contributed by atoms with E-state index in [0.717, 1.165) is 0 Å². The molecule has 2 amide bonds. The van der Waals surface area contributed by atoms with Crippen LogP contribution in [0.5, 0.6) is 0 Å². The standard InChI is InChI=1S/C13H16N2O4/c1-14(9-5-3-2-4-6-9)13(19)15-8-10(16)7-11(15)12(17)18/h2-6,10-11,16H,7-8H2,1H3,(H,17,18)/t10?,11-/m0/s1. The number of carbonyl (C=O) groups is 2. The molecular formula is C13H16N2O4. The van der Waals surface area contributed by atoms with E-state index in [1.165, 1.54) is 9.80 Å². The van der Waals surface area contributed by atoms with Gasteiger partial charge in [-0.15, -0.1) is 0 Å². The van der Waals surface area contributed by atoms with Crippen LogP contribution < -0.4 is 4.90 Å². The van der Waals surface area contributed by atoms with Gasteiger partial charge in [-0.3, -0.25) is 4.90 Å². The molecule has 1 aromatic carbocycles. The number of nitrogens with zero attached hydrogens (tertiary/aromatic N) is 2. The lowest BCUT2D eigenvalue weighted by Gasteiger charge is -2.27. The lowest BCUT2D eigenvalue weighted by Crippen LogP contribution is -2.47. The molecule has 1 saturated heterocycles. The normalized spacial score (nSPS) is 22.3. The first-order valence-electron chi connectivity index (χ1n) is 6.01. The first-order valence-corrected chi connectivity index (χ1v) is 6.01. The Morgan fingerprint density at radius 2 is 1.95 bits per heavy atom. The third-order valence-electron chi connectivity index (χ3n) is 3.24. The number of β-amino-alcohol motifs (C(OH)–C–C–N with tert-alkyl or cyclic N) is 1. The van der Waals surface area contributed by atoms with Crippen LogP contribution in [-0.4, -0.2) is 52.9 Å². The highest BCUT2D eigenvalue weighted by Gasteiger charge is 2.40. The van der Waals surface area contributed by atoms with Crippen LogP contribution in [0.1, 0.15) is 6.42 Å². The zero-order valence-electron chi connectivity index (χ0n) is 10.6. The Morgan fingerprint density at radius 3 is 2.53 bits per heavy atom. The zero-order valence-corrected chi connectivity index (χ0v) is 10.6. The van der Waals surface area contributed by atoms with E-state index in [1.807, 2.05) is 6.07 Å². The lowest BCUT2D eigenvalue weighted by atomic mass is 10.2. The Bertz CT molecular complexity index is 477. The molecule has 1 unspecified atom stereocenters. The van der Waals surface area contributed by atoms with Crippen molar-refractivity contribution in [1.82, 2.24) is 4.90 Å². The molecular weight excluding hydrogens is 248 g/mol. The maximum atomic E-state index is 12.3. The largest absolute Gasteiger partial charge is 0.480 e. The van der Waals surface area contributed by atoms with Gasteiger partial charge in [0.2, 0.25) is 0 Å². The van der Waals surface area contributed by atoms with Crippen LogP contribution in [0.4, 0.5) is 10.5 Å². The van der Waals surface area contributed by atoms with Crippen molar-refractivity contribution < 1.29 is 19.8 Å². The number of urea groups is 1. The molecule has 1 fully saturated rings. The van der Waals surface area contributed by atoms with Gasteiger partial charge < -0.3 is 15.1 Å². The maximum absolute atomic E-state index is 12.3. The minimum absolute atomic E-state index is 0.0486. The lowest BCUT2D eigenvalue weighted by molar-refractivity contribution is -0.141. The Kier molecular flexibility index (Phi) is 3.71. The number of benzene rings is 1. The SMILES string of the molecule is CN(C(=O)N1CC(O)C[C@H]1C(=O)O)c1ccccc1. The van der Waals surface area contributed by atoms with Gasteiger partial charge in [0.25, 0.3) is 0 Å². The van der Waals surface area contributed by atoms with Gasteiger partial charge in [-0.25, -0.2) is 9.59 Å². The summed E-state index contributed by atoms with van der Waals surface area (Å²) in [5.41, 5.74) is 0.679. The van der Waals surface area contributed by atoms with Crippen LogP contribution in [-0.2, 0) is 4.79 Å². The summed E-state index contributed by atoms with van der Waals surface area (Å²) in [6, 6.07) is 7.57. The molecule has 0 aliphatic carbocycles.